The fraction of sp³-hybridized carbons (Fsp3) is 0.185. The van der Waals surface area contributed by atoms with Crippen molar-refractivity contribution in [1.29, 1.82) is 0 Å². The van der Waals surface area contributed by atoms with E-state index in [-0.39, 0.29) is 5.91 Å². The molecule has 1 unspecified atom stereocenters. The number of hydrogen-bond acceptors (Lipinski definition) is 6. The molecule has 1 amide bonds. The van der Waals surface area contributed by atoms with E-state index in [4.69, 9.17) is 30.8 Å². The lowest BCUT2D eigenvalue weighted by Gasteiger charge is -2.31. The van der Waals surface area contributed by atoms with Crippen LogP contribution in [0.5, 0.6) is 17.2 Å². The molecule has 10 heteroatoms. The van der Waals surface area contributed by atoms with Crippen molar-refractivity contribution in [3.63, 3.8) is 0 Å². The Morgan fingerprint density at radius 3 is 2.46 bits per heavy atom. The van der Waals surface area contributed by atoms with E-state index in [0.717, 1.165) is 21.1 Å². The minimum atomic E-state index is -0.481. The van der Waals surface area contributed by atoms with E-state index in [1.165, 1.54) is 14.2 Å². The number of ether oxygens (including phenoxy) is 3. The maximum absolute atomic E-state index is 14.0. The molecule has 0 fully saturated rings. The number of hydrogen-bond donors (Lipinski definition) is 2. The summed E-state index contributed by atoms with van der Waals surface area (Å²) in [5.41, 5.74) is 4.22. The number of carbonyl (C=O) groups is 1. The van der Waals surface area contributed by atoms with Crippen molar-refractivity contribution in [2.45, 2.75) is 13.0 Å². The molecule has 190 valence electrons. The Bertz CT molecular complexity index is 1570. The second-order valence-corrected chi connectivity index (χ2v) is 9.66. The Morgan fingerprint density at radius 2 is 1.76 bits per heavy atom. The number of methoxy groups -OCH3 is 3. The van der Waals surface area contributed by atoms with Crippen LogP contribution in [0, 0.1) is 0 Å². The van der Waals surface area contributed by atoms with E-state index in [1.54, 1.807) is 19.2 Å². The average molecular weight is 584 g/mol. The second-order valence-electron chi connectivity index (χ2n) is 8.40. The first-order valence-electron chi connectivity index (χ1n) is 11.4. The van der Waals surface area contributed by atoms with E-state index in [9.17, 15) is 4.79 Å². The number of aromatic nitrogens is 2. The molecule has 37 heavy (non-hydrogen) atoms. The van der Waals surface area contributed by atoms with Crippen LogP contribution in [0.4, 0.5) is 11.6 Å². The van der Waals surface area contributed by atoms with E-state index in [2.05, 4.69) is 26.6 Å². The van der Waals surface area contributed by atoms with Gasteiger partial charge in [-0.25, -0.2) is 4.98 Å². The molecule has 0 bridgehead atoms. The maximum atomic E-state index is 14.0. The molecule has 0 radical (unpaired) electrons. The maximum Gasteiger partial charge on any atom is 0.255 e. The van der Waals surface area contributed by atoms with E-state index >= 15 is 0 Å². The summed E-state index contributed by atoms with van der Waals surface area (Å²) in [4.78, 5) is 18.8. The van der Waals surface area contributed by atoms with Crippen molar-refractivity contribution in [3.05, 3.63) is 80.9 Å². The van der Waals surface area contributed by atoms with Crippen LogP contribution in [0.1, 0.15) is 18.5 Å². The molecule has 0 aliphatic carbocycles. The van der Waals surface area contributed by atoms with Gasteiger partial charge in [-0.3, -0.25) is 9.36 Å². The lowest BCUT2D eigenvalue weighted by atomic mass is 9.94. The molecule has 0 saturated heterocycles. The van der Waals surface area contributed by atoms with Crippen LogP contribution >= 0.6 is 27.5 Å². The number of nitrogens with one attached hydrogen (secondary N) is 2. The highest BCUT2D eigenvalue weighted by Gasteiger charge is 2.35. The van der Waals surface area contributed by atoms with E-state index in [0.29, 0.717) is 45.2 Å². The summed E-state index contributed by atoms with van der Waals surface area (Å²) in [5.74, 6) is 1.87. The number of allylic oxidation sites excluding steroid dienone is 1. The van der Waals surface area contributed by atoms with Crippen molar-refractivity contribution >= 4 is 56.1 Å². The number of halogens is 2. The van der Waals surface area contributed by atoms with Gasteiger partial charge in [0.25, 0.3) is 5.91 Å². The van der Waals surface area contributed by atoms with E-state index < -0.39 is 6.04 Å². The van der Waals surface area contributed by atoms with Crippen LogP contribution < -0.4 is 24.8 Å². The third-order valence-corrected chi connectivity index (χ3v) is 7.20. The van der Waals surface area contributed by atoms with Crippen LogP contribution in [-0.2, 0) is 4.79 Å². The van der Waals surface area contributed by atoms with Gasteiger partial charge in [0.15, 0.2) is 0 Å². The fourth-order valence-corrected chi connectivity index (χ4v) is 5.36. The summed E-state index contributed by atoms with van der Waals surface area (Å²) < 4.78 is 19.1. The Morgan fingerprint density at radius 1 is 1.03 bits per heavy atom. The molecule has 0 saturated carbocycles. The monoisotopic (exact) mass is 582 g/mol. The number of benzene rings is 3. The van der Waals surface area contributed by atoms with Crippen LogP contribution in [0.15, 0.2) is 70.3 Å². The lowest BCUT2D eigenvalue weighted by molar-refractivity contribution is -0.113. The molecule has 2 heterocycles. The minimum Gasteiger partial charge on any atom is -0.496 e. The van der Waals surface area contributed by atoms with Crippen molar-refractivity contribution in [3.8, 4) is 17.2 Å². The molecule has 1 aromatic heterocycles. The molecule has 8 nitrogen and oxygen atoms in total. The zero-order chi connectivity index (χ0) is 26.3. The van der Waals surface area contributed by atoms with Crippen molar-refractivity contribution < 1.29 is 19.0 Å². The summed E-state index contributed by atoms with van der Waals surface area (Å²) in [5, 5.41) is 6.70. The first-order chi connectivity index (χ1) is 17.9. The van der Waals surface area contributed by atoms with Gasteiger partial charge in [0.05, 0.1) is 59.2 Å². The van der Waals surface area contributed by atoms with Gasteiger partial charge in [0.1, 0.15) is 17.2 Å². The van der Waals surface area contributed by atoms with Gasteiger partial charge in [-0.05, 0) is 52.7 Å². The first kappa shape index (κ1) is 25.0. The number of anilines is 2. The molecule has 3 aromatic carbocycles. The predicted molar refractivity (Wildman–Crippen MR) is 148 cm³/mol. The number of carbonyl (C=O) groups excluding carboxylic acids is 1. The number of amides is 1. The first-order valence-corrected chi connectivity index (χ1v) is 12.5. The molecular formula is C27H24BrClN4O4. The second kappa shape index (κ2) is 9.99. The van der Waals surface area contributed by atoms with Crippen molar-refractivity contribution in [1.82, 2.24) is 9.55 Å². The molecule has 1 aliphatic rings. The third kappa shape index (κ3) is 4.38. The predicted octanol–water partition coefficient (Wildman–Crippen LogP) is 6.41. The van der Waals surface area contributed by atoms with Crippen LogP contribution in [0.3, 0.4) is 0 Å². The lowest BCUT2D eigenvalue weighted by Crippen LogP contribution is -2.31. The molecule has 4 aromatic rings. The van der Waals surface area contributed by atoms with Gasteiger partial charge in [-0.2, -0.15) is 0 Å². The van der Waals surface area contributed by atoms with Gasteiger partial charge >= 0.3 is 0 Å². The summed E-state index contributed by atoms with van der Waals surface area (Å²) >= 11 is 9.87. The highest BCUT2D eigenvalue weighted by atomic mass is 79.9. The SMILES string of the molecule is COc1cc(NC(=O)C2=C(C)Nc3nc4ccccc4n3C2c2ccc(OC)c(Br)c2)c(OC)cc1Cl. The Kier molecular flexibility index (Phi) is 6.74. The van der Waals surface area contributed by atoms with Gasteiger partial charge in [0.2, 0.25) is 5.95 Å². The van der Waals surface area contributed by atoms with Gasteiger partial charge < -0.3 is 24.8 Å². The smallest absolute Gasteiger partial charge is 0.255 e. The number of rotatable bonds is 6. The molecule has 5 rings (SSSR count). The number of nitrogens with zero attached hydrogens (tertiary/aromatic N) is 2. The summed E-state index contributed by atoms with van der Waals surface area (Å²) in [6, 6.07) is 16.4. The summed E-state index contributed by atoms with van der Waals surface area (Å²) in [6.07, 6.45) is 0. The zero-order valence-electron chi connectivity index (χ0n) is 20.6. The zero-order valence-corrected chi connectivity index (χ0v) is 22.9. The van der Waals surface area contributed by atoms with Crippen LogP contribution in [0.2, 0.25) is 5.02 Å². The topological polar surface area (TPSA) is 86.6 Å². The third-order valence-electron chi connectivity index (χ3n) is 6.29. The quantitative estimate of drug-likeness (QED) is 0.273. The Balaban J connectivity index is 1.66. The summed E-state index contributed by atoms with van der Waals surface area (Å²) in [6.45, 7) is 1.86. The van der Waals surface area contributed by atoms with Crippen molar-refractivity contribution in [2.24, 2.45) is 0 Å². The fourth-order valence-electron chi connectivity index (χ4n) is 4.57. The van der Waals surface area contributed by atoms with Crippen LogP contribution in [0.25, 0.3) is 11.0 Å². The van der Waals surface area contributed by atoms with E-state index in [1.807, 2.05) is 54.0 Å². The number of fused-ring (bicyclic) bond motifs is 3. The highest BCUT2D eigenvalue weighted by molar-refractivity contribution is 9.10. The molecule has 2 N–H and O–H groups in total. The standard InChI is InChI=1S/C27H24BrClN4O4/c1-14-24(26(34)31-19-13-22(36-3)17(29)12-23(19)37-4)25(15-9-10-21(35-2)16(28)11-15)33-20-8-6-5-7-18(20)32-27(33)30-14/h5-13,25H,1-4H3,(H,30,32)(H,31,34). The number of imidazole rings is 1. The Hall–Kier alpha value is -3.69. The Labute approximate surface area is 227 Å². The molecule has 0 spiro atoms. The molecular weight excluding hydrogens is 560 g/mol. The normalized spacial score (nSPS) is 14.7. The largest absolute Gasteiger partial charge is 0.496 e. The molecule has 1 aliphatic heterocycles. The van der Waals surface area contributed by atoms with Gasteiger partial charge in [-0.1, -0.05) is 29.8 Å². The van der Waals surface area contributed by atoms with Crippen LogP contribution in [-0.4, -0.2) is 36.8 Å². The van der Waals surface area contributed by atoms with Crippen molar-refractivity contribution in [2.75, 3.05) is 32.0 Å². The van der Waals surface area contributed by atoms with Gasteiger partial charge in [-0.15, -0.1) is 0 Å². The summed E-state index contributed by atoms with van der Waals surface area (Å²) in [7, 11) is 4.64. The van der Waals surface area contributed by atoms with Gasteiger partial charge in [0, 0.05) is 17.8 Å². The number of para-hydroxylation sites is 2. The average Bonchev–Trinajstić information content (AvgIpc) is 3.26. The minimum absolute atomic E-state index is 0.312. The molecule has 1 atom stereocenters. The highest BCUT2D eigenvalue weighted by Crippen LogP contribution is 2.42.